The highest BCUT2D eigenvalue weighted by atomic mass is 16.5. The van der Waals surface area contributed by atoms with Gasteiger partial charge in [-0.2, -0.15) is 0 Å². The topological polar surface area (TPSA) is 58.8 Å². The minimum Gasteiger partial charge on any atom is -0.380 e. The van der Waals surface area contributed by atoms with Gasteiger partial charge in [-0.15, -0.1) is 0 Å². The zero-order chi connectivity index (χ0) is 13.9. The Morgan fingerprint density at radius 1 is 1.35 bits per heavy atom. The van der Waals surface area contributed by atoms with E-state index in [1.165, 1.54) is 6.20 Å². The molecule has 0 aromatic carbocycles. The summed E-state index contributed by atoms with van der Waals surface area (Å²) in [6.45, 7) is 7.00. The van der Waals surface area contributed by atoms with E-state index >= 15 is 0 Å². The highest BCUT2D eigenvalue weighted by Crippen LogP contribution is 2.17. The molecule has 0 N–H and O–H groups in total. The van der Waals surface area contributed by atoms with Crippen LogP contribution in [0, 0.1) is 6.92 Å². The summed E-state index contributed by atoms with van der Waals surface area (Å²) in [6, 6.07) is 0.530. The molecule has 1 aromatic rings. The Hall–Kier alpha value is -1.40. The van der Waals surface area contributed by atoms with E-state index in [2.05, 4.69) is 10.1 Å². The van der Waals surface area contributed by atoms with Gasteiger partial charge >= 0.3 is 0 Å². The van der Waals surface area contributed by atoms with Crippen molar-refractivity contribution in [2.75, 3.05) is 39.4 Å². The van der Waals surface area contributed by atoms with Gasteiger partial charge in [0.1, 0.15) is 11.3 Å². The maximum absolute atomic E-state index is 12.4. The van der Waals surface area contributed by atoms with Crippen LogP contribution in [0.4, 0.5) is 0 Å². The summed E-state index contributed by atoms with van der Waals surface area (Å²) < 4.78 is 10.4. The third-order valence-corrected chi connectivity index (χ3v) is 4.22. The lowest BCUT2D eigenvalue weighted by Gasteiger charge is -2.26. The van der Waals surface area contributed by atoms with Gasteiger partial charge in [0.05, 0.1) is 12.8 Å². The normalized spacial score (nSPS) is 24.9. The molecule has 3 heterocycles. The van der Waals surface area contributed by atoms with Gasteiger partial charge in [-0.1, -0.05) is 5.16 Å². The Morgan fingerprint density at radius 2 is 2.25 bits per heavy atom. The molecular weight excluding hydrogens is 258 g/mol. The van der Waals surface area contributed by atoms with Gasteiger partial charge in [0.25, 0.3) is 5.91 Å². The summed E-state index contributed by atoms with van der Waals surface area (Å²) in [5.41, 5.74) is 0.586. The van der Waals surface area contributed by atoms with Gasteiger partial charge in [0, 0.05) is 38.8 Å². The van der Waals surface area contributed by atoms with Crippen LogP contribution in [0.2, 0.25) is 0 Å². The van der Waals surface area contributed by atoms with E-state index in [0.717, 1.165) is 52.2 Å². The van der Waals surface area contributed by atoms with Crippen LogP contribution >= 0.6 is 0 Å². The number of aromatic nitrogens is 1. The third-order valence-electron chi connectivity index (χ3n) is 4.22. The van der Waals surface area contributed by atoms with Gasteiger partial charge in [0.2, 0.25) is 0 Å². The Labute approximate surface area is 118 Å². The lowest BCUT2D eigenvalue weighted by atomic mass is 10.2. The first-order valence-electron chi connectivity index (χ1n) is 7.28. The highest BCUT2D eigenvalue weighted by molar-refractivity contribution is 5.94. The molecule has 20 heavy (non-hydrogen) atoms. The van der Waals surface area contributed by atoms with E-state index in [4.69, 9.17) is 9.26 Å². The van der Waals surface area contributed by atoms with Crippen LogP contribution < -0.4 is 0 Å². The number of amides is 1. The maximum Gasteiger partial charge on any atom is 0.259 e. The molecule has 0 spiro atoms. The number of rotatable bonds is 2. The second-order valence-corrected chi connectivity index (χ2v) is 5.49. The molecule has 6 heteroatoms. The van der Waals surface area contributed by atoms with Crippen molar-refractivity contribution in [3.8, 4) is 0 Å². The lowest BCUT2D eigenvalue weighted by Crippen LogP contribution is -2.39. The summed E-state index contributed by atoms with van der Waals surface area (Å²) in [6.07, 6.45) is 3.64. The number of hydrogen-bond acceptors (Lipinski definition) is 5. The molecule has 2 aliphatic rings. The predicted molar refractivity (Wildman–Crippen MR) is 72.6 cm³/mol. The standard InChI is InChI=1S/C14H21N3O3/c1-11-13(9-15-20-11)14(18)17-5-2-4-16(6-7-17)12-3-8-19-10-12/h9,12H,2-8,10H2,1H3. The minimum absolute atomic E-state index is 0.0354. The van der Waals surface area contributed by atoms with E-state index in [1.807, 2.05) is 4.90 Å². The molecule has 0 radical (unpaired) electrons. The van der Waals surface area contributed by atoms with Crippen molar-refractivity contribution in [1.29, 1.82) is 0 Å². The van der Waals surface area contributed by atoms with Gasteiger partial charge in [0.15, 0.2) is 0 Å². The molecule has 0 aliphatic carbocycles. The monoisotopic (exact) mass is 279 g/mol. The molecule has 0 saturated carbocycles. The number of nitrogens with zero attached hydrogens (tertiary/aromatic N) is 3. The molecule has 2 saturated heterocycles. The summed E-state index contributed by atoms with van der Waals surface area (Å²) in [5.74, 6) is 0.633. The minimum atomic E-state index is 0.0354. The second kappa shape index (κ2) is 5.93. The predicted octanol–water partition coefficient (Wildman–Crippen LogP) is 0.920. The van der Waals surface area contributed by atoms with Crippen LogP contribution in [-0.2, 0) is 4.74 Å². The molecule has 1 amide bonds. The van der Waals surface area contributed by atoms with Crippen molar-refractivity contribution in [2.45, 2.75) is 25.8 Å². The zero-order valence-corrected chi connectivity index (χ0v) is 11.9. The second-order valence-electron chi connectivity index (χ2n) is 5.49. The number of aryl methyl sites for hydroxylation is 1. The molecular formula is C14H21N3O3. The Morgan fingerprint density at radius 3 is 2.95 bits per heavy atom. The van der Waals surface area contributed by atoms with Crippen molar-refractivity contribution in [3.63, 3.8) is 0 Å². The average molecular weight is 279 g/mol. The Bertz CT molecular complexity index is 468. The van der Waals surface area contributed by atoms with Gasteiger partial charge < -0.3 is 14.2 Å². The molecule has 2 fully saturated rings. The fourth-order valence-corrected chi connectivity index (χ4v) is 2.99. The Balaban J connectivity index is 1.62. The van der Waals surface area contributed by atoms with Crippen molar-refractivity contribution >= 4 is 5.91 Å². The number of carbonyl (C=O) groups is 1. The van der Waals surface area contributed by atoms with Crippen molar-refractivity contribution in [2.24, 2.45) is 0 Å². The maximum atomic E-state index is 12.4. The number of hydrogen-bond donors (Lipinski definition) is 0. The number of ether oxygens (including phenoxy) is 1. The first-order chi connectivity index (χ1) is 9.75. The summed E-state index contributed by atoms with van der Waals surface area (Å²) in [4.78, 5) is 16.8. The first kappa shape index (κ1) is 13.6. The molecule has 3 rings (SSSR count). The summed E-state index contributed by atoms with van der Waals surface area (Å²) in [5, 5.41) is 3.69. The van der Waals surface area contributed by atoms with Crippen molar-refractivity contribution in [3.05, 3.63) is 17.5 Å². The van der Waals surface area contributed by atoms with Crippen LogP contribution in [0.15, 0.2) is 10.7 Å². The van der Waals surface area contributed by atoms with Gasteiger partial charge in [-0.05, 0) is 19.8 Å². The smallest absolute Gasteiger partial charge is 0.259 e. The van der Waals surface area contributed by atoms with Crippen LogP contribution in [0.3, 0.4) is 0 Å². The summed E-state index contributed by atoms with van der Waals surface area (Å²) in [7, 11) is 0. The molecule has 1 atom stereocenters. The van der Waals surface area contributed by atoms with E-state index < -0.39 is 0 Å². The molecule has 2 aliphatic heterocycles. The van der Waals surface area contributed by atoms with Crippen molar-refractivity contribution in [1.82, 2.24) is 15.0 Å². The van der Waals surface area contributed by atoms with Crippen LogP contribution in [0.5, 0.6) is 0 Å². The molecule has 1 unspecified atom stereocenters. The van der Waals surface area contributed by atoms with Crippen LogP contribution in [0.1, 0.15) is 29.0 Å². The van der Waals surface area contributed by atoms with E-state index in [9.17, 15) is 4.79 Å². The van der Waals surface area contributed by atoms with E-state index in [-0.39, 0.29) is 5.91 Å². The molecule has 0 bridgehead atoms. The van der Waals surface area contributed by atoms with Gasteiger partial charge in [-0.25, -0.2) is 0 Å². The van der Waals surface area contributed by atoms with Crippen LogP contribution in [-0.4, -0.2) is 66.3 Å². The largest absolute Gasteiger partial charge is 0.380 e. The zero-order valence-electron chi connectivity index (χ0n) is 11.9. The lowest BCUT2D eigenvalue weighted by molar-refractivity contribution is 0.0755. The summed E-state index contributed by atoms with van der Waals surface area (Å²) >= 11 is 0. The fourth-order valence-electron chi connectivity index (χ4n) is 2.99. The van der Waals surface area contributed by atoms with Crippen molar-refractivity contribution < 1.29 is 14.1 Å². The van der Waals surface area contributed by atoms with E-state index in [1.54, 1.807) is 6.92 Å². The average Bonchev–Trinajstić information content (AvgIpc) is 3.05. The third kappa shape index (κ3) is 2.71. The SMILES string of the molecule is Cc1oncc1C(=O)N1CCCN(C2CCOC2)CC1. The van der Waals surface area contributed by atoms with E-state index in [0.29, 0.717) is 17.4 Å². The Kier molecular flexibility index (Phi) is 4.03. The molecule has 6 nitrogen and oxygen atoms in total. The fraction of sp³-hybridized carbons (Fsp3) is 0.714. The number of carbonyl (C=O) groups excluding carboxylic acids is 1. The quantitative estimate of drug-likeness (QED) is 0.805. The first-order valence-corrected chi connectivity index (χ1v) is 7.28. The van der Waals surface area contributed by atoms with Gasteiger partial charge in [-0.3, -0.25) is 9.69 Å². The highest BCUT2D eigenvalue weighted by Gasteiger charge is 2.27. The molecule has 1 aromatic heterocycles. The van der Waals surface area contributed by atoms with Crippen LogP contribution in [0.25, 0.3) is 0 Å². The molecule has 110 valence electrons.